The SMILES string of the molecule is CNC(=O)c1nnc(NC(=O)C2CC2)cc1Nc1cccc(-c2ncc(C#N)cn2)c1OC. The molecule has 0 saturated heterocycles. The first-order chi connectivity index (χ1) is 16.0. The van der Waals surface area contributed by atoms with Crippen LogP contribution >= 0.6 is 0 Å². The van der Waals surface area contributed by atoms with Crippen molar-refractivity contribution in [2.75, 3.05) is 24.8 Å². The number of carbonyl (C=O) groups excluding carboxylic acids is 2. The highest BCUT2D eigenvalue weighted by Crippen LogP contribution is 2.37. The third-order valence-electron chi connectivity index (χ3n) is 4.95. The van der Waals surface area contributed by atoms with E-state index in [1.807, 2.05) is 6.07 Å². The maximum absolute atomic E-state index is 12.4. The summed E-state index contributed by atoms with van der Waals surface area (Å²) >= 11 is 0. The number of methoxy groups -OCH3 is 1. The predicted octanol–water partition coefficient (Wildman–Crippen LogP) is 2.27. The van der Waals surface area contributed by atoms with E-state index in [2.05, 4.69) is 36.1 Å². The van der Waals surface area contributed by atoms with Crippen LogP contribution in [0.3, 0.4) is 0 Å². The number of hydrogen-bond acceptors (Lipinski definition) is 9. The topological polar surface area (TPSA) is 155 Å². The number of aromatic nitrogens is 4. The summed E-state index contributed by atoms with van der Waals surface area (Å²) in [5, 5.41) is 25.3. The van der Waals surface area contributed by atoms with Gasteiger partial charge in [0.1, 0.15) is 6.07 Å². The molecule has 1 saturated carbocycles. The second-order valence-electron chi connectivity index (χ2n) is 7.25. The third kappa shape index (κ3) is 4.69. The van der Waals surface area contributed by atoms with E-state index in [1.165, 1.54) is 26.6 Å². The molecular weight excluding hydrogens is 424 g/mol. The molecule has 11 heteroatoms. The number of nitriles is 1. The molecule has 166 valence electrons. The second-order valence-corrected chi connectivity index (χ2v) is 7.25. The van der Waals surface area contributed by atoms with Crippen molar-refractivity contribution >= 4 is 29.0 Å². The predicted molar refractivity (Wildman–Crippen MR) is 119 cm³/mol. The number of hydrogen-bond donors (Lipinski definition) is 3. The van der Waals surface area contributed by atoms with Crippen molar-refractivity contribution in [2.45, 2.75) is 12.8 Å². The molecule has 2 aromatic heterocycles. The van der Waals surface area contributed by atoms with Crippen LogP contribution in [0.5, 0.6) is 5.75 Å². The van der Waals surface area contributed by atoms with E-state index in [0.29, 0.717) is 34.1 Å². The molecule has 0 radical (unpaired) electrons. The van der Waals surface area contributed by atoms with Crippen molar-refractivity contribution in [3.63, 3.8) is 0 Å². The van der Waals surface area contributed by atoms with Gasteiger partial charge in [0.05, 0.1) is 29.6 Å². The average Bonchev–Trinajstić information content (AvgIpc) is 3.69. The van der Waals surface area contributed by atoms with Gasteiger partial charge in [0.2, 0.25) is 5.91 Å². The largest absolute Gasteiger partial charge is 0.494 e. The Morgan fingerprint density at radius 3 is 2.55 bits per heavy atom. The lowest BCUT2D eigenvalue weighted by Gasteiger charge is -2.16. The second kappa shape index (κ2) is 9.27. The Labute approximate surface area is 189 Å². The molecule has 1 aliphatic carbocycles. The number of nitrogens with one attached hydrogen (secondary N) is 3. The summed E-state index contributed by atoms with van der Waals surface area (Å²) in [6.45, 7) is 0. The number of para-hydroxylation sites is 1. The molecule has 0 atom stereocenters. The van der Waals surface area contributed by atoms with E-state index in [1.54, 1.807) is 24.3 Å². The first kappa shape index (κ1) is 21.6. The number of rotatable bonds is 7. The van der Waals surface area contributed by atoms with Gasteiger partial charge in [-0.2, -0.15) is 5.26 Å². The molecule has 33 heavy (non-hydrogen) atoms. The van der Waals surface area contributed by atoms with Gasteiger partial charge >= 0.3 is 0 Å². The Kier molecular flexibility index (Phi) is 6.08. The highest BCUT2D eigenvalue weighted by Gasteiger charge is 2.30. The minimum Gasteiger partial charge on any atom is -0.494 e. The molecule has 2 amide bonds. The summed E-state index contributed by atoms with van der Waals surface area (Å²) in [5.74, 6) is 0.437. The Balaban J connectivity index is 1.71. The lowest BCUT2D eigenvalue weighted by molar-refractivity contribution is -0.117. The van der Waals surface area contributed by atoms with Crippen LogP contribution < -0.4 is 20.7 Å². The zero-order chi connectivity index (χ0) is 23.4. The molecule has 0 aliphatic heterocycles. The van der Waals surface area contributed by atoms with Crippen LogP contribution in [-0.2, 0) is 4.79 Å². The monoisotopic (exact) mass is 444 g/mol. The highest BCUT2D eigenvalue weighted by molar-refractivity contribution is 6.00. The standard InChI is InChI=1S/C22H20N8O3/c1-24-22(32)18-16(8-17(29-30-18)28-21(31)13-6-7-13)27-15-5-3-4-14(19(15)33-2)20-25-10-12(9-23)11-26-20/h3-5,8,10-11,13H,6-7H2,1-2H3,(H,24,32)(H2,27,28,29,31). The maximum atomic E-state index is 12.4. The van der Waals surface area contributed by atoms with E-state index >= 15 is 0 Å². The lowest BCUT2D eigenvalue weighted by Crippen LogP contribution is -2.22. The lowest BCUT2D eigenvalue weighted by atomic mass is 10.1. The normalized spacial score (nSPS) is 12.4. The number of benzene rings is 1. The maximum Gasteiger partial charge on any atom is 0.273 e. The van der Waals surface area contributed by atoms with Crippen LogP contribution in [0.15, 0.2) is 36.7 Å². The molecular formula is C22H20N8O3. The van der Waals surface area contributed by atoms with Crippen LogP contribution in [0.1, 0.15) is 28.9 Å². The van der Waals surface area contributed by atoms with E-state index in [-0.39, 0.29) is 23.3 Å². The van der Waals surface area contributed by atoms with Crippen LogP contribution in [0.2, 0.25) is 0 Å². The Morgan fingerprint density at radius 2 is 1.91 bits per heavy atom. The van der Waals surface area contributed by atoms with Gasteiger partial charge < -0.3 is 20.7 Å². The summed E-state index contributed by atoms with van der Waals surface area (Å²) in [4.78, 5) is 33.0. The zero-order valence-electron chi connectivity index (χ0n) is 17.9. The fourth-order valence-corrected chi connectivity index (χ4v) is 3.11. The molecule has 3 aromatic rings. The first-order valence-electron chi connectivity index (χ1n) is 10.1. The minimum atomic E-state index is -0.449. The molecule has 0 unspecified atom stereocenters. The molecule has 0 bridgehead atoms. The van der Waals surface area contributed by atoms with Crippen LogP contribution in [0.4, 0.5) is 17.2 Å². The Morgan fingerprint density at radius 1 is 1.15 bits per heavy atom. The quantitative estimate of drug-likeness (QED) is 0.497. The van der Waals surface area contributed by atoms with Gasteiger partial charge in [-0.1, -0.05) is 6.07 Å². The molecule has 2 heterocycles. The molecule has 0 spiro atoms. The van der Waals surface area contributed by atoms with Gasteiger partial charge in [0, 0.05) is 31.4 Å². The van der Waals surface area contributed by atoms with Crippen molar-refractivity contribution in [1.82, 2.24) is 25.5 Å². The molecule has 3 N–H and O–H groups in total. The van der Waals surface area contributed by atoms with Crippen molar-refractivity contribution in [3.8, 4) is 23.2 Å². The molecule has 4 rings (SSSR count). The summed E-state index contributed by atoms with van der Waals surface area (Å²) in [6, 6.07) is 8.82. The van der Waals surface area contributed by atoms with E-state index in [9.17, 15) is 9.59 Å². The van der Waals surface area contributed by atoms with Gasteiger partial charge in [0.15, 0.2) is 23.1 Å². The average molecular weight is 444 g/mol. The summed E-state index contributed by atoms with van der Waals surface area (Å²) in [5.41, 5.74) is 1.81. The number of ether oxygens (including phenoxy) is 1. The Hall–Kier alpha value is -4.59. The van der Waals surface area contributed by atoms with E-state index in [4.69, 9.17) is 10.00 Å². The molecule has 1 fully saturated rings. The number of nitrogens with zero attached hydrogens (tertiary/aromatic N) is 5. The van der Waals surface area contributed by atoms with E-state index in [0.717, 1.165) is 12.8 Å². The Bertz CT molecular complexity index is 1250. The van der Waals surface area contributed by atoms with E-state index < -0.39 is 5.91 Å². The fraction of sp³-hybridized carbons (Fsp3) is 0.227. The van der Waals surface area contributed by atoms with Crippen molar-refractivity contribution in [2.24, 2.45) is 5.92 Å². The van der Waals surface area contributed by atoms with Crippen LogP contribution in [-0.4, -0.2) is 46.1 Å². The van der Waals surface area contributed by atoms with Gasteiger partial charge in [-0.3, -0.25) is 9.59 Å². The number of anilines is 3. The van der Waals surface area contributed by atoms with Gasteiger partial charge in [-0.25, -0.2) is 9.97 Å². The van der Waals surface area contributed by atoms with Crippen molar-refractivity contribution < 1.29 is 14.3 Å². The van der Waals surface area contributed by atoms with Gasteiger partial charge in [-0.05, 0) is 25.0 Å². The van der Waals surface area contributed by atoms with Gasteiger partial charge in [0.25, 0.3) is 5.91 Å². The summed E-state index contributed by atoms with van der Waals surface area (Å²) < 4.78 is 5.61. The highest BCUT2D eigenvalue weighted by atomic mass is 16.5. The minimum absolute atomic E-state index is 0.00831. The molecule has 1 aliphatic rings. The molecule has 1 aromatic carbocycles. The van der Waals surface area contributed by atoms with Crippen LogP contribution in [0, 0.1) is 17.2 Å². The van der Waals surface area contributed by atoms with Crippen molar-refractivity contribution in [3.05, 3.63) is 47.9 Å². The summed E-state index contributed by atoms with van der Waals surface area (Å²) in [6.07, 6.45) is 4.55. The van der Waals surface area contributed by atoms with Crippen LogP contribution in [0.25, 0.3) is 11.4 Å². The van der Waals surface area contributed by atoms with Crippen molar-refractivity contribution in [1.29, 1.82) is 5.26 Å². The smallest absolute Gasteiger partial charge is 0.273 e. The third-order valence-corrected chi connectivity index (χ3v) is 4.95. The zero-order valence-corrected chi connectivity index (χ0v) is 17.9. The molecule has 11 nitrogen and oxygen atoms in total. The first-order valence-corrected chi connectivity index (χ1v) is 10.1. The number of carbonyl (C=O) groups is 2. The summed E-state index contributed by atoms with van der Waals surface area (Å²) in [7, 11) is 2.99. The number of amides is 2. The fourth-order valence-electron chi connectivity index (χ4n) is 3.11. The van der Waals surface area contributed by atoms with Gasteiger partial charge in [-0.15, -0.1) is 10.2 Å².